The molecule has 0 radical (unpaired) electrons. The summed E-state index contributed by atoms with van der Waals surface area (Å²) in [6.07, 6.45) is 8.11. The van der Waals surface area contributed by atoms with E-state index < -0.39 is 0 Å². The third kappa shape index (κ3) is 2.93. The number of nitrogens with one attached hydrogen (secondary N) is 1. The summed E-state index contributed by atoms with van der Waals surface area (Å²) in [7, 11) is 0. The molecule has 1 saturated carbocycles. The van der Waals surface area contributed by atoms with E-state index in [0.29, 0.717) is 17.6 Å². The van der Waals surface area contributed by atoms with Crippen LogP contribution >= 0.6 is 15.9 Å². The Morgan fingerprint density at radius 3 is 2.76 bits per heavy atom. The van der Waals surface area contributed by atoms with Crippen LogP contribution in [0.2, 0.25) is 0 Å². The zero-order valence-corrected chi connectivity index (χ0v) is 13.4. The standard InChI is InChI=1S/C16H18BrN3O/c17-10-16(6-1-2-7-16)11-20-15(21)12-4-3-5-13-14(12)19-9-8-18-13/h3-5,8-9H,1-2,6-7,10-11H2,(H,20,21). The number of fused-ring (bicyclic) bond motifs is 1. The van der Waals surface area contributed by atoms with Crippen LogP contribution in [-0.2, 0) is 0 Å². The third-order valence-electron chi connectivity index (χ3n) is 4.31. The average Bonchev–Trinajstić information content (AvgIpc) is 3.01. The van der Waals surface area contributed by atoms with Crippen molar-refractivity contribution in [3.63, 3.8) is 0 Å². The van der Waals surface area contributed by atoms with Crippen LogP contribution in [0.3, 0.4) is 0 Å². The molecule has 1 N–H and O–H groups in total. The van der Waals surface area contributed by atoms with Crippen molar-refractivity contribution < 1.29 is 4.79 Å². The molecule has 5 heteroatoms. The molecular weight excluding hydrogens is 330 g/mol. The van der Waals surface area contributed by atoms with Crippen molar-refractivity contribution in [3.05, 3.63) is 36.2 Å². The minimum absolute atomic E-state index is 0.0617. The predicted molar refractivity (Wildman–Crippen MR) is 86.6 cm³/mol. The van der Waals surface area contributed by atoms with Gasteiger partial charge in [-0.3, -0.25) is 14.8 Å². The van der Waals surface area contributed by atoms with Crippen LogP contribution in [0, 0.1) is 5.41 Å². The topological polar surface area (TPSA) is 54.9 Å². The highest BCUT2D eigenvalue weighted by Gasteiger charge is 2.33. The van der Waals surface area contributed by atoms with Crippen molar-refractivity contribution in [2.75, 3.05) is 11.9 Å². The van der Waals surface area contributed by atoms with E-state index in [2.05, 4.69) is 31.2 Å². The van der Waals surface area contributed by atoms with Crippen LogP contribution in [0.1, 0.15) is 36.0 Å². The number of halogens is 1. The van der Waals surface area contributed by atoms with Gasteiger partial charge in [0.15, 0.2) is 0 Å². The van der Waals surface area contributed by atoms with Crippen molar-refractivity contribution in [3.8, 4) is 0 Å². The molecule has 1 aliphatic rings. The van der Waals surface area contributed by atoms with Crippen LogP contribution < -0.4 is 5.32 Å². The molecule has 21 heavy (non-hydrogen) atoms. The zero-order chi connectivity index (χ0) is 14.7. The first kappa shape index (κ1) is 14.4. The van der Waals surface area contributed by atoms with Gasteiger partial charge in [0.1, 0.15) is 5.52 Å². The Morgan fingerprint density at radius 2 is 2.00 bits per heavy atom. The van der Waals surface area contributed by atoms with Gasteiger partial charge >= 0.3 is 0 Å². The summed E-state index contributed by atoms with van der Waals surface area (Å²) in [4.78, 5) is 21.0. The van der Waals surface area contributed by atoms with Crippen LogP contribution in [0.4, 0.5) is 0 Å². The molecule has 1 aromatic carbocycles. The first-order valence-electron chi connectivity index (χ1n) is 7.28. The highest BCUT2D eigenvalue weighted by Crippen LogP contribution is 2.39. The number of carbonyl (C=O) groups is 1. The van der Waals surface area contributed by atoms with Gasteiger partial charge in [-0.1, -0.05) is 34.8 Å². The summed E-state index contributed by atoms with van der Waals surface area (Å²) in [6.45, 7) is 0.716. The molecule has 0 saturated heterocycles. The molecule has 2 aromatic rings. The molecule has 4 nitrogen and oxygen atoms in total. The van der Waals surface area contributed by atoms with Gasteiger partial charge in [-0.05, 0) is 30.4 Å². The van der Waals surface area contributed by atoms with Gasteiger partial charge in [-0.25, -0.2) is 0 Å². The van der Waals surface area contributed by atoms with E-state index >= 15 is 0 Å². The van der Waals surface area contributed by atoms with Gasteiger partial charge in [0.25, 0.3) is 5.91 Å². The number of carbonyl (C=O) groups excluding carboxylic acids is 1. The molecular formula is C16H18BrN3O. The number of hydrogen-bond donors (Lipinski definition) is 1. The quantitative estimate of drug-likeness (QED) is 0.863. The fourth-order valence-electron chi connectivity index (χ4n) is 3.02. The number of rotatable bonds is 4. The number of benzene rings is 1. The smallest absolute Gasteiger partial charge is 0.253 e. The highest BCUT2D eigenvalue weighted by atomic mass is 79.9. The second-order valence-electron chi connectivity index (χ2n) is 5.75. The number of nitrogens with zero attached hydrogens (tertiary/aromatic N) is 2. The summed E-state index contributed by atoms with van der Waals surface area (Å²) < 4.78 is 0. The van der Waals surface area contributed by atoms with E-state index in [9.17, 15) is 4.79 Å². The average molecular weight is 348 g/mol. The Hall–Kier alpha value is -1.49. The second kappa shape index (κ2) is 6.10. The lowest BCUT2D eigenvalue weighted by atomic mass is 9.89. The lowest BCUT2D eigenvalue weighted by Gasteiger charge is -2.26. The Morgan fingerprint density at radius 1 is 1.24 bits per heavy atom. The first-order valence-corrected chi connectivity index (χ1v) is 8.40. The number of para-hydroxylation sites is 1. The maximum atomic E-state index is 12.5. The summed E-state index contributed by atoms with van der Waals surface area (Å²) in [5, 5.41) is 4.03. The summed E-state index contributed by atoms with van der Waals surface area (Å²) in [5.74, 6) is -0.0617. The van der Waals surface area contributed by atoms with Crippen molar-refractivity contribution in [1.82, 2.24) is 15.3 Å². The van der Waals surface area contributed by atoms with Crippen molar-refractivity contribution in [2.45, 2.75) is 25.7 Å². The molecule has 1 heterocycles. The lowest BCUT2D eigenvalue weighted by Crippen LogP contribution is -2.37. The van der Waals surface area contributed by atoms with Gasteiger partial charge in [0, 0.05) is 24.3 Å². The van der Waals surface area contributed by atoms with E-state index in [4.69, 9.17) is 0 Å². The Labute approximate surface area is 132 Å². The zero-order valence-electron chi connectivity index (χ0n) is 11.8. The fourth-order valence-corrected chi connectivity index (χ4v) is 3.78. The lowest BCUT2D eigenvalue weighted by molar-refractivity contribution is 0.0937. The van der Waals surface area contributed by atoms with Crippen LogP contribution in [-0.4, -0.2) is 27.7 Å². The number of amides is 1. The third-order valence-corrected chi connectivity index (χ3v) is 5.50. The molecule has 0 aliphatic heterocycles. The molecule has 110 valence electrons. The van der Waals surface area contributed by atoms with E-state index in [1.54, 1.807) is 12.4 Å². The maximum absolute atomic E-state index is 12.5. The van der Waals surface area contributed by atoms with Crippen molar-refractivity contribution in [1.29, 1.82) is 0 Å². The Bertz CT molecular complexity index is 648. The fraction of sp³-hybridized carbons (Fsp3) is 0.438. The van der Waals surface area contributed by atoms with Crippen LogP contribution in [0.15, 0.2) is 30.6 Å². The summed E-state index contributed by atoms with van der Waals surface area (Å²) in [5.41, 5.74) is 2.23. The van der Waals surface area contributed by atoms with Crippen LogP contribution in [0.5, 0.6) is 0 Å². The molecule has 1 fully saturated rings. The first-order chi connectivity index (χ1) is 10.2. The van der Waals surface area contributed by atoms with Gasteiger partial charge in [-0.2, -0.15) is 0 Å². The normalized spacial score (nSPS) is 17.0. The molecule has 3 rings (SSSR count). The molecule has 1 aromatic heterocycles. The summed E-state index contributed by atoms with van der Waals surface area (Å²) >= 11 is 3.61. The Balaban J connectivity index is 1.78. The highest BCUT2D eigenvalue weighted by molar-refractivity contribution is 9.09. The molecule has 1 amide bonds. The largest absolute Gasteiger partial charge is 0.351 e. The van der Waals surface area contributed by atoms with Gasteiger partial charge in [0.05, 0.1) is 11.1 Å². The monoisotopic (exact) mass is 347 g/mol. The van der Waals surface area contributed by atoms with Gasteiger partial charge in [0.2, 0.25) is 0 Å². The molecule has 0 spiro atoms. The molecule has 0 bridgehead atoms. The molecule has 0 atom stereocenters. The minimum atomic E-state index is -0.0617. The molecule has 0 unspecified atom stereocenters. The Kier molecular flexibility index (Phi) is 4.19. The second-order valence-corrected chi connectivity index (χ2v) is 6.31. The van der Waals surface area contributed by atoms with Crippen molar-refractivity contribution >= 4 is 32.9 Å². The number of alkyl halides is 1. The number of hydrogen-bond acceptors (Lipinski definition) is 3. The minimum Gasteiger partial charge on any atom is -0.351 e. The maximum Gasteiger partial charge on any atom is 0.253 e. The van der Waals surface area contributed by atoms with E-state index in [1.165, 1.54) is 25.7 Å². The van der Waals surface area contributed by atoms with E-state index in [-0.39, 0.29) is 11.3 Å². The van der Waals surface area contributed by atoms with E-state index in [0.717, 1.165) is 10.8 Å². The number of aromatic nitrogens is 2. The van der Waals surface area contributed by atoms with Crippen molar-refractivity contribution in [2.24, 2.45) is 5.41 Å². The van der Waals surface area contributed by atoms with E-state index in [1.807, 2.05) is 18.2 Å². The van der Waals surface area contributed by atoms with Gasteiger partial charge in [-0.15, -0.1) is 0 Å². The SMILES string of the molecule is O=C(NCC1(CBr)CCCC1)c1cccc2nccnc12. The van der Waals surface area contributed by atoms with Crippen LogP contribution in [0.25, 0.3) is 11.0 Å². The summed E-state index contributed by atoms with van der Waals surface area (Å²) in [6, 6.07) is 5.53. The predicted octanol–water partition coefficient (Wildman–Crippen LogP) is 3.31. The van der Waals surface area contributed by atoms with Gasteiger partial charge < -0.3 is 5.32 Å². The molecule has 1 aliphatic carbocycles.